The molecule has 0 aromatic heterocycles. The minimum absolute atomic E-state index is 0.0436. The lowest BCUT2D eigenvalue weighted by molar-refractivity contribution is -0.133. The van der Waals surface area contributed by atoms with Gasteiger partial charge in [0.05, 0.1) is 13.2 Å². The van der Waals surface area contributed by atoms with Crippen LogP contribution in [0.2, 0.25) is 0 Å². The highest BCUT2D eigenvalue weighted by Gasteiger charge is 2.36. The van der Waals surface area contributed by atoms with Crippen LogP contribution in [0.25, 0.3) is 0 Å². The summed E-state index contributed by atoms with van der Waals surface area (Å²) in [5, 5.41) is 3.32. The number of likely N-dealkylation sites (tertiary alicyclic amines) is 1. The fourth-order valence-corrected chi connectivity index (χ4v) is 3.55. The summed E-state index contributed by atoms with van der Waals surface area (Å²) < 4.78 is 5.21. The number of hydrogen-bond acceptors (Lipinski definition) is 3. The molecular formula is C17H24N2O2. The fourth-order valence-electron chi connectivity index (χ4n) is 3.55. The van der Waals surface area contributed by atoms with Crippen LogP contribution in [0, 0.1) is 0 Å². The summed E-state index contributed by atoms with van der Waals surface area (Å²) in [5.41, 5.74) is 1.30. The molecule has 3 rings (SSSR count). The van der Waals surface area contributed by atoms with Crippen LogP contribution < -0.4 is 10.1 Å². The number of rotatable bonds is 3. The van der Waals surface area contributed by atoms with Crippen molar-refractivity contribution < 1.29 is 9.53 Å². The molecule has 114 valence electrons. The normalized spacial score (nSPS) is 28.9. The Morgan fingerprint density at radius 1 is 1.33 bits per heavy atom. The smallest absolute Gasteiger partial charge is 0.239 e. The minimum Gasteiger partial charge on any atom is -0.497 e. The molecule has 2 heterocycles. The van der Waals surface area contributed by atoms with Gasteiger partial charge in [0.25, 0.3) is 0 Å². The Morgan fingerprint density at radius 2 is 2.10 bits per heavy atom. The number of carbonyl (C=O) groups is 1. The molecule has 2 aliphatic heterocycles. The van der Waals surface area contributed by atoms with Crippen molar-refractivity contribution in [3.05, 3.63) is 29.8 Å². The highest BCUT2D eigenvalue weighted by Crippen LogP contribution is 2.33. The monoisotopic (exact) mass is 288 g/mol. The quantitative estimate of drug-likeness (QED) is 0.926. The Hall–Kier alpha value is -1.55. The summed E-state index contributed by atoms with van der Waals surface area (Å²) in [6.45, 7) is 3.97. The summed E-state index contributed by atoms with van der Waals surface area (Å²) in [6, 6.07) is 8.62. The van der Waals surface area contributed by atoms with E-state index in [1.807, 2.05) is 12.1 Å². The van der Waals surface area contributed by atoms with Gasteiger partial charge in [-0.1, -0.05) is 12.1 Å². The first-order valence-electron chi connectivity index (χ1n) is 7.87. The molecule has 2 fully saturated rings. The Kier molecular flexibility index (Phi) is 4.15. The predicted octanol–water partition coefficient (Wildman–Crippen LogP) is 2.15. The lowest BCUT2D eigenvalue weighted by atomic mass is 9.97. The molecule has 0 spiro atoms. The van der Waals surface area contributed by atoms with E-state index in [0.717, 1.165) is 38.1 Å². The van der Waals surface area contributed by atoms with E-state index in [0.29, 0.717) is 12.0 Å². The maximum Gasteiger partial charge on any atom is 0.239 e. The number of methoxy groups -OCH3 is 1. The van der Waals surface area contributed by atoms with Gasteiger partial charge in [-0.3, -0.25) is 4.79 Å². The van der Waals surface area contributed by atoms with Crippen molar-refractivity contribution in [3.8, 4) is 5.75 Å². The zero-order chi connectivity index (χ0) is 14.8. The molecule has 0 aliphatic carbocycles. The predicted molar refractivity (Wildman–Crippen MR) is 82.6 cm³/mol. The molecule has 4 heteroatoms. The van der Waals surface area contributed by atoms with Gasteiger partial charge >= 0.3 is 0 Å². The highest BCUT2D eigenvalue weighted by molar-refractivity contribution is 5.82. The van der Waals surface area contributed by atoms with Crippen molar-refractivity contribution in [2.45, 2.75) is 44.2 Å². The maximum atomic E-state index is 12.6. The van der Waals surface area contributed by atoms with E-state index in [-0.39, 0.29) is 11.9 Å². The molecule has 21 heavy (non-hydrogen) atoms. The van der Waals surface area contributed by atoms with Gasteiger partial charge in [0.15, 0.2) is 0 Å². The Balaban J connectivity index is 1.68. The van der Waals surface area contributed by atoms with Gasteiger partial charge in [-0.25, -0.2) is 0 Å². The number of carbonyl (C=O) groups excluding carboxylic acids is 1. The van der Waals surface area contributed by atoms with Crippen LogP contribution in [0.4, 0.5) is 0 Å². The third-order valence-corrected chi connectivity index (χ3v) is 4.80. The van der Waals surface area contributed by atoms with E-state index in [2.05, 4.69) is 29.3 Å². The number of ether oxygens (including phenoxy) is 1. The molecule has 2 unspecified atom stereocenters. The Morgan fingerprint density at radius 3 is 2.71 bits per heavy atom. The zero-order valence-corrected chi connectivity index (χ0v) is 12.8. The van der Waals surface area contributed by atoms with Crippen LogP contribution in [0.15, 0.2) is 24.3 Å². The molecule has 2 aliphatic rings. The summed E-state index contributed by atoms with van der Waals surface area (Å²) >= 11 is 0. The first-order valence-corrected chi connectivity index (χ1v) is 7.87. The van der Waals surface area contributed by atoms with Crippen LogP contribution in [-0.2, 0) is 4.79 Å². The first kappa shape index (κ1) is 14.4. The van der Waals surface area contributed by atoms with Crippen LogP contribution in [0.1, 0.15) is 37.7 Å². The Labute approximate surface area is 126 Å². The lowest BCUT2D eigenvalue weighted by Crippen LogP contribution is -2.45. The summed E-state index contributed by atoms with van der Waals surface area (Å²) in [4.78, 5) is 14.6. The fraction of sp³-hybridized carbons (Fsp3) is 0.588. The van der Waals surface area contributed by atoms with E-state index in [9.17, 15) is 4.79 Å². The third-order valence-electron chi connectivity index (χ3n) is 4.80. The highest BCUT2D eigenvalue weighted by atomic mass is 16.5. The SMILES string of the molecule is COc1ccc(C2CC(C)N(C(=O)[C@@H]3CCCN3)C2)cc1. The van der Waals surface area contributed by atoms with Gasteiger partial charge in [-0.15, -0.1) is 0 Å². The van der Waals surface area contributed by atoms with E-state index in [1.165, 1.54) is 5.56 Å². The van der Waals surface area contributed by atoms with Crippen molar-refractivity contribution in [3.63, 3.8) is 0 Å². The van der Waals surface area contributed by atoms with Crippen LogP contribution in [-0.4, -0.2) is 43.1 Å². The van der Waals surface area contributed by atoms with Crippen LogP contribution >= 0.6 is 0 Å². The average molecular weight is 288 g/mol. The van der Waals surface area contributed by atoms with Crippen LogP contribution in [0.5, 0.6) is 5.75 Å². The molecule has 1 N–H and O–H groups in total. The number of amides is 1. The molecule has 2 saturated heterocycles. The number of benzene rings is 1. The average Bonchev–Trinajstić information content (AvgIpc) is 3.16. The van der Waals surface area contributed by atoms with E-state index in [4.69, 9.17) is 4.74 Å². The third kappa shape index (κ3) is 2.91. The number of hydrogen-bond donors (Lipinski definition) is 1. The number of nitrogens with one attached hydrogen (secondary N) is 1. The molecule has 0 bridgehead atoms. The summed E-state index contributed by atoms with van der Waals surface area (Å²) in [7, 11) is 1.68. The molecule has 0 saturated carbocycles. The molecule has 3 atom stereocenters. The molecule has 4 nitrogen and oxygen atoms in total. The maximum absolute atomic E-state index is 12.6. The van der Waals surface area contributed by atoms with Crippen molar-refractivity contribution >= 4 is 5.91 Å². The molecule has 1 aromatic carbocycles. The van der Waals surface area contributed by atoms with Gasteiger partial charge in [-0.05, 0) is 50.4 Å². The van der Waals surface area contributed by atoms with E-state index < -0.39 is 0 Å². The van der Waals surface area contributed by atoms with Gasteiger partial charge in [0.1, 0.15) is 5.75 Å². The molecule has 1 aromatic rings. The zero-order valence-electron chi connectivity index (χ0n) is 12.8. The van der Waals surface area contributed by atoms with Crippen LogP contribution in [0.3, 0.4) is 0 Å². The molecule has 1 amide bonds. The van der Waals surface area contributed by atoms with Crippen molar-refractivity contribution in [1.82, 2.24) is 10.2 Å². The second-order valence-corrected chi connectivity index (χ2v) is 6.19. The second kappa shape index (κ2) is 6.06. The lowest BCUT2D eigenvalue weighted by Gasteiger charge is -2.25. The second-order valence-electron chi connectivity index (χ2n) is 6.19. The molecular weight excluding hydrogens is 264 g/mol. The van der Waals surface area contributed by atoms with Crippen molar-refractivity contribution in [2.24, 2.45) is 0 Å². The summed E-state index contributed by atoms with van der Waals surface area (Å²) in [5.74, 6) is 1.61. The first-order chi connectivity index (χ1) is 10.2. The summed E-state index contributed by atoms with van der Waals surface area (Å²) in [6.07, 6.45) is 3.14. The van der Waals surface area contributed by atoms with Crippen molar-refractivity contribution in [1.29, 1.82) is 0 Å². The topological polar surface area (TPSA) is 41.6 Å². The largest absolute Gasteiger partial charge is 0.497 e. The minimum atomic E-state index is 0.0436. The van der Waals surface area contributed by atoms with Gasteiger partial charge in [0.2, 0.25) is 5.91 Å². The number of nitrogens with zero attached hydrogens (tertiary/aromatic N) is 1. The van der Waals surface area contributed by atoms with E-state index >= 15 is 0 Å². The van der Waals surface area contributed by atoms with E-state index in [1.54, 1.807) is 7.11 Å². The standard InChI is InChI=1S/C17H24N2O2/c1-12-10-14(13-5-7-15(21-2)8-6-13)11-19(12)17(20)16-4-3-9-18-16/h5-8,12,14,16,18H,3-4,9-11H2,1-2H3/t12?,14?,16-/m0/s1. The van der Waals surface area contributed by atoms with Gasteiger partial charge < -0.3 is 15.0 Å². The Bertz CT molecular complexity index is 494. The van der Waals surface area contributed by atoms with Gasteiger partial charge in [0, 0.05) is 18.5 Å². The van der Waals surface area contributed by atoms with Gasteiger partial charge in [-0.2, -0.15) is 0 Å². The van der Waals surface area contributed by atoms with Crippen molar-refractivity contribution in [2.75, 3.05) is 20.2 Å². The molecule has 0 radical (unpaired) electrons.